The molecule has 0 saturated heterocycles. The normalized spacial score (nSPS) is 21.1. The van der Waals surface area contributed by atoms with Crippen LogP contribution in [0.4, 0.5) is 0 Å². The number of H-pyrrole nitrogens is 1. The number of imidazole rings is 1. The van der Waals surface area contributed by atoms with Gasteiger partial charge in [-0.1, -0.05) is 12.8 Å². The minimum atomic E-state index is -0.294. The number of hydrogen-bond acceptors (Lipinski definition) is 4. The Morgan fingerprint density at radius 1 is 1.05 bits per heavy atom. The zero-order valence-corrected chi connectivity index (χ0v) is 11.4. The van der Waals surface area contributed by atoms with Gasteiger partial charge in [-0.05, 0) is 12.8 Å². The Kier molecular flexibility index (Phi) is 2.63. The Morgan fingerprint density at radius 2 is 1.75 bits per heavy atom. The SMILES string of the molecule is NC1(c2nc3cc4c(cc3[nH]2)OCCCO4)CCCC1. The molecule has 1 aromatic carbocycles. The van der Waals surface area contributed by atoms with E-state index in [0.717, 1.165) is 47.6 Å². The molecule has 20 heavy (non-hydrogen) atoms. The highest BCUT2D eigenvalue weighted by Gasteiger charge is 2.34. The van der Waals surface area contributed by atoms with Gasteiger partial charge in [-0.3, -0.25) is 0 Å². The molecule has 5 nitrogen and oxygen atoms in total. The second-order valence-electron chi connectivity index (χ2n) is 5.82. The van der Waals surface area contributed by atoms with E-state index in [1.165, 1.54) is 12.8 Å². The summed E-state index contributed by atoms with van der Waals surface area (Å²) in [7, 11) is 0. The van der Waals surface area contributed by atoms with Crippen molar-refractivity contribution in [2.24, 2.45) is 5.73 Å². The Hall–Kier alpha value is -1.75. The number of aromatic nitrogens is 2. The van der Waals surface area contributed by atoms with Gasteiger partial charge in [0.2, 0.25) is 0 Å². The lowest BCUT2D eigenvalue weighted by molar-refractivity contribution is 0.297. The first-order chi connectivity index (χ1) is 9.74. The quantitative estimate of drug-likeness (QED) is 0.837. The molecule has 1 aromatic heterocycles. The molecule has 4 rings (SSSR count). The number of nitrogens with two attached hydrogens (primary N) is 1. The van der Waals surface area contributed by atoms with E-state index in [0.29, 0.717) is 13.2 Å². The fourth-order valence-corrected chi connectivity index (χ4v) is 3.15. The maximum Gasteiger partial charge on any atom is 0.163 e. The molecule has 2 heterocycles. The van der Waals surface area contributed by atoms with Gasteiger partial charge in [-0.15, -0.1) is 0 Å². The smallest absolute Gasteiger partial charge is 0.163 e. The van der Waals surface area contributed by atoms with Crippen molar-refractivity contribution in [3.63, 3.8) is 0 Å². The summed E-state index contributed by atoms with van der Waals surface area (Å²) in [4.78, 5) is 8.07. The van der Waals surface area contributed by atoms with E-state index >= 15 is 0 Å². The minimum absolute atomic E-state index is 0.294. The summed E-state index contributed by atoms with van der Waals surface area (Å²) in [6.07, 6.45) is 5.26. The van der Waals surface area contributed by atoms with E-state index in [1.807, 2.05) is 12.1 Å². The van der Waals surface area contributed by atoms with Gasteiger partial charge in [0, 0.05) is 18.6 Å². The van der Waals surface area contributed by atoms with Gasteiger partial charge in [0.1, 0.15) is 5.82 Å². The fraction of sp³-hybridized carbons (Fsp3) is 0.533. The second kappa shape index (κ2) is 4.38. The molecular formula is C15H19N3O2. The molecular weight excluding hydrogens is 254 g/mol. The summed E-state index contributed by atoms with van der Waals surface area (Å²) in [6.45, 7) is 1.39. The van der Waals surface area contributed by atoms with Crippen molar-refractivity contribution in [1.29, 1.82) is 0 Å². The standard InChI is InChI=1S/C15H19N3O2/c16-15(4-1-2-5-15)14-17-10-8-12-13(9-11(10)18-14)20-7-3-6-19-12/h8-9H,1-7,16H2,(H,17,18). The molecule has 1 saturated carbocycles. The summed E-state index contributed by atoms with van der Waals surface area (Å²) in [6, 6.07) is 3.93. The molecule has 2 aromatic rings. The monoisotopic (exact) mass is 273 g/mol. The van der Waals surface area contributed by atoms with Crippen LogP contribution < -0.4 is 15.2 Å². The summed E-state index contributed by atoms with van der Waals surface area (Å²) in [5, 5.41) is 0. The molecule has 2 aliphatic rings. The Balaban J connectivity index is 1.80. The molecule has 5 heteroatoms. The molecule has 0 radical (unpaired) electrons. The zero-order valence-electron chi connectivity index (χ0n) is 11.4. The van der Waals surface area contributed by atoms with Gasteiger partial charge in [-0.2, -0.15) is 0 Å². The van der Waals surface area contributed by atoms with Crippen LogP contribution in [-0.4, -0.2) is 23.2 Å². The molecule has 0 atom stereocenters. The number of fused-ring (bicyclic) bond motifs is 2. The maximum atomic E-state index is 6.47. The molecule has 1 aliphatic heterocycles. The largest absolute Gasteiger partial charge is 0.489 e. The Labute approximate surface area is 117 Å². The molecule has 1 aliphatic carbocycles. The number of aromatic amines is 1. The number of nitrogens with one attached hydrogen (secondary N) is 1. The van der Waals surface area contributed by atoms with Gasteiger partial charge in [0.05, 0.1) is 29.8 Å². The minimum Gasteiger partial charge on any atom is -0.489 e. The first-order valence-corrected chi connectivity index (χ1v) is 7.33. The predicted octanol–water partition coefficient (Wildman–Crippen LogP) is 2.45. The first-order valence-electron chi connectivity index (χ1n) is 7.33. The summed E-state index contributed by atoms with van der Waals surface area (Å²) >= 11 is 0. The average molecular weight is 273 g/mol. The highest BCUT2D eigenvalue weighted by atomic mass is 16.5. The third kappa shape index (κ3) is 1.85. The lowest BCUT2D eigenvalue weighted by Crippen LogP contribution is -2.34. The topological polar surface area (TPSA) is 73.2 Å². The molecule has 106 valence electrons. The van der Waals surface area contributed by atoms with Crippen LogP contribution in [0, 0.1) is 0 Å². The average Bonchev–Trinajstić information content (AvgIpc) is 2.98. The van der Waals surface area contributed by atoms with Crippen LogP contribution >= 0.6 is 0 Å². The summed E-state index contributed by atoms with van der Waals surface area (Å²) < 4.78 is 11.4. The third-order valence-corrected chi connectivity index (χ3v) is 4.32. The van der Waals surface area contributed by atoms with Crippen LogP contribution in [0.25, 0.3) is 11.0 Å². The number of nitrogens with zero attached hydrogens (tertiary/aromatic N) is 1. The van der Waals surface area contributed by atoms with E-state index in [-0.39, 0.29) is 5.54 Å². The number of ether oxygens (including phenoxy) is 2. The number of rotatable bonds is 1. The second-order valence-corrected chi connectivity index (χ2v) is 5.82. The van der Waals surface area contributed by atoms with Crippen molar-refractivity contribution in [3.8, 4) is 11.5 Å². The van der Waals surface area contributed by atoms with Gasteiger partial charge >= 0.3 is 0 Å². The van der Waals surface area contributed by atoms with E-state index in [4.69, 9.17) is 15.2 Å². The number of benzene rings is 1. The van der Waals surface area contributed by atoms with Crippen LogP contribution in [0.1, 0.15) is 37.9 Å². The van der Waals surface area contributed by atoms with Crippen molar-refractivity contribution in [3.05, 3.63) is 18.0 Å². The van der Waals surface area contributed by atoms with Gasteiger partial charge < -0.3 is 20.2 Å². The number of hydrogen-bond donors (Lipinski definition) is 2. The Morgan fingerprint density at radius 3 is 2.50 bits per heavy atom. The van der Waals surface area contributed by atoms with E-state index in [1.54, 1.807) is 0 Å². The first kappa shape index (κ1) is 12.0. The molecule has 0 spiro atoms. The van der Waals surface area contributed by atoms with Crippen molar-refractivity contribution in [2.45, 2.75) is 37.6 Å². The highest BCUT2D eigenvalue weighted by molar-refractivity contribution is 5.80. The fourth-order valence-electron chi connectivity index (χ4n) is 3.15. The molecule has 0 unspecified atom stereocenters. The van der Waals surface area contributed by atoms with Crippen LogP contribution in [0.2, 0.25) is 0 Å². The van der Waals surface area contributed by atoms with Crippen LogP contribution in [0.3, 0.4) is 0 Å². The lowest BCUT2D eigenvalue weighted by atomic mass is 9.99. The van der Waals surface area contributed by atoms with Gasteiger partial charge in [0.25, 0.3) is 0 Å². The van der Waals surface area contributed by atoms with Crippen LogP contribution in [0.15, 0.2) is 12.1 Å². The van der Waals surface area contributed by atoms with Gasteiger partial charge in [-0.25, -0.2) is 4.98 Å². The summed E-state index contributed by atoms with van der Waals surface area (Å²) in [5.74, 6) is 2.47. The molecule has 1 fully saturated rings. The van der Waals surface area contributed by atoms with E-state index in [9.17, 15) is 0 Å². The molecule has 0 bridgehead atoms. The van der Waals surface area contributed by atoms with Crippen LogP contribution in [0.5, 0.6) is 11.5 Å². The molecule has 0 amide bonds. The van der Waals surface area contributed by atoms with E-state index in [2.05, 4.69) is 9.97 Å². The Bertz CT molecular complexity index is 601. The van der Waals surface area contributed by atoms with Gasteiger partial charge in [0.15, 0.2) is 11.5 Å². The van der Waals surface area contributed by atoms with Crippen molar-refractivity contribution >= 4 is 11.0 Å². The predicted molar refractivity (Wildman–Crippen MR) is 76.0 cm³/mol. The maximum absolute atomic E-state index is 6.47. The highest BCUT2D eigenvalue weighted by Crippen LogP contribution is 2.38. The van der Waals surface area contributed by atoms with Crippen molar-refractivity contribution in [2.75, 3.05) is 13.2 Å². The zero-order chi connectivity index (χ0) is 13.6. The molecule has 3 N–H and O–H groups in total. The third-order valence-electron chi connectivity index (χ3n) is 4.32. The van der Waals surface area contributed by atoms with E-state index < -0.39 is 0 Å². The summed E-state index contributed by atoms with van der Waals surface area (Å²) in [5.41, 5.74) is 8.05. The van der Waals surface area contributed by atoms with Crippen LogP contribution in [-0.2, 0) is 5.54 Å². The van der Waals surface area contributed by atoms with Crippen molar-refractivity contribution in [1.82, 2.24) is 9.97 Å². The lowest BCUT2D eigenvalue weighted by Gasteiger charge is -2.19. The van der Waals surface area contributed by atoms with Crippen molar-refractivity contribution < 1.29 is 9.47 Å².